The molecule has 0 heterocycles. The lowest BCUT2D eigenvalue weighted by Crippen LogP contribution is -2.26. The molecule has 0 aliphatic carbocycles. The SMILES string of the molecule is Cc1ccc(CN(C)C(=O)c2ccccc2Oc2ccccc2)cc1. The molecule has 126 valence electrons. The van der Waals surface area contributed by atoms with E-state index in [0.717, 1.165) is 5.56 Å². The Morgan fingerprint density at radius 1 is 0.880 bits per heavy atom. The molecule has 3 nitrogen and oxygen atoms in total. The second-order valence-electron chi connectivity index (χ2n) is 6.06. The van der Waals surface area contributed by atoms with Crippen LogP contribution in [0.5, 0.6) is 11.5 Å². The zero-order chi connectivity index (χ0) is 17.6. The number of amides is 1. The molecule has 0 saturated heterocycles. The molecular formula is C22H21NO2. The summed E-state index contributed by atoms with van der Waals surface area (Å²) in [5.41, 5.74) is 2.86. The van der Waals surface area contributed by atoms with Gasteiger partial charge in [-0.25, -0.2) is 0 Å². The minimum atomic E-state index is -0.0629. The maximum atomic E-state index is 12.9. The average molecular weight is 331 g/mol. The molecule has 3 rings (SSSR count). The molecule has 0 aromatic heterocycles. The van der Waals surface area contributed by atoms with E-state index >= 15 is 0 Å². The zero-order valence-corrected chi connectivity index (χ0v) is 14.5. The van der Waals surface area contributed by atoms with Gasteiger partial charge in [-0.05, 0) is 36.8 Å². The van der Waals surface area contributed by atoms with Gasteiger partial charge in [-0.2, -0.15) is 0 Å². The first-order chi connectivity index (χ1) is 12.1. The van der Waals surface area contributed by atoms with E-state index < -0.39 is 0 Å². The van der Waals surface area contributed by atoms with Crippen molar-refractivity contribution in [1.29, 1.82) is 0 Å². The van der Waals surface area contributed by atoms with Crippen LogP contribution in [0.2, 0.25) is 0 Å². The molecule has 25 heavy (non-hydrogen) atoms. The maximum absolute atomic E-state index is 12.9. The molecule has 0 fully saturated rings. The summed E-state index contributed by atoms with van der Waals surface area (Å²) in [6.45, 7) is 2.61. The van der Waals surface area contributed by atoms with Crippen molar-refractivity contribution in [2.45, 2.75) is 13.5 Å². The van der Waals surface area contributed by atoms with E-state index in [4.69, 9.17) is 4.74 Å². The number of carbonyl (C=O) groups excluding carboxylic acids is 1. The Morgan fingerprint density at radius 3 is 2.24 bits per heavy atom. The minimum absolute atomic E-state index is 0.0629. The molecule has 0 unspecified atom stereocenters. The van der Waals surface area contributed by atoms with Crippen molar-refractivity contribution in [3.8, 4) is 11.5 Å². The fourth-order valence-corrected chi connectivity index (χ4v) is 2.59. The van der Waals surface area contributed by atoms with Crippen molar-refractivity contribution in [2.75, 3.05) is 7.05 Å². The number of benzene rings is 3. The van der Waals surface area contributed by atoms with Gasteiger partial charge in [0.1, 0.15) is 11.5 Å². The topological polar surface area (TPSA) is 29.5 Å². The Hall–Kier alpha value is -3.07. The van der Waals surface area contributed by atoms with E-state index in [1.54, 1.807) is 11.0 Å². The largest absolute Gasteiger partial charge is 0.457 e. The van der Waals surface area contributed by atoms with Gasteiger partial charge in [0, 0.05) is 13.6 Å². The Balaban J connectivity index is 1.78. The van der Waals surface area contributed by atoms with Gasteiger partial charge in [0.05, 0.1) is 5.56 Å². The second kappa shape index (κ2) is 7.67. The van der Waals surface area contributed by atoms with Gasteiger partial charge in [-0.1, -0.05) is 60.2 Å². The van der Waals surface area contributed by atoms with Gasteiger partial charge < -0.3 is 9.64 Å². The molecule has 0 aliphatic heterocycles. The number of ether oxygens (including phenoxy) is 1. The highest BCUT2D eigenvalue weighted by Crippen LogP contribution is 2.26. The minimum Gasteiger partial charge on any atom is -0.457 e. The molecule has 0 N–H and O–H groups in total. The normalized spacial score (nSPS) is 10.3. The molecule has 3 aromatic rings. The first-order valence-electron chi connectivity index (χ1n) is 8.26. The van der Waals surface area contributed by atoms with Gasteiger partial charge in [-0.15, -0.1) is 0 Å². The van der Waals surface area contributed by atoms with Crippen LogP contribution in [-0.4, -0.2) is 17.9 Å². The molecule has 3 heteroatoms. The predicted molar refractivity (Wildman–Crippen MR) is 99.9 cm³/mol. The summed E-state index contributed by atoms with van der Waals surface area (Å²) in [6, 6.07) is 25.0. The molecule has 0 radical (unpaired) electrons. The Bertz CT molecular complexity index is 841. The lowest BCUT2D eigenvalue weighted by atomic mass is 10.1. The Labute approximate surface area is 148 Å². The molecule has 0 spiro atoms. The number of hydrogen-bond acceptors (Lipinski definition) is 2. The van der Waals surface area contributed by atoms with Gasteiger partial charge in [-0.3, -0.25) is 4.79 Å². The van der Waals surface area contributed by atoms with Crippen molar-refractivity contribution in [3.05, 3.63) is 95.6 Å². The van der Waals surface area contributed by atoms with E-state index in [0.29, 0.717) is 23.6 Å². The van der Waals surface area contributed by atoms with Crippen LogP contribution >= 0.6 is 0 Å². The van der Waals surface area contributed by atoms with Crippen LogP contribution in [0, 0.1) is 6.92 Å². The summed E-state index contributed by atoms with van der Waals surface area (Å²) in [6.07, 6.45) is 0. The molecule has 0 bridgehead atoms. The van der Waals surface area contributed by atoms with Gasteiger partial charge in [0.25, 0.3) is 5.91 Å². The van der Waals surface area contributed by atoms with E-state index in [9.17, 15) is 4.79 Å². The van der Waals surface area contributed by atoms with Crippen LogP contribution in [0.3, 0.4) is 0 Å². The van der Waals surface area contributed by atoms with E-state index in [2.05, 4.69) is 19.1 Å². The van der Waals surface area contributed by atoms with Crippen LogP contribution in [0.15, 0.2) is 78.9 Å². The number of nitrogens with zero attached hydrogens (tertiary/aromatic N) is 1. The van der Waals surface area contributed by atoms with Crippen LogP contribution in [0.1, 0.15) is 21.5 Å². The third-order valence-corrected chi connectivity index (χ3v) is 3.98. The highest BCUT2D eigenvalue weighted by molar-refractivity contribution is 5.96. The first kappa shape index (κ1) is 16.8. The third kappa shape index (κ3) is 4.27. The molecule has 3 aromatic carbocycles. The smallest absolute Gasteiger partial charge is 0.257 e. The van der Waals surface area contributed by atoms with Crippen molar-refractivity contribution in [1.82, 2.24) is 4.90 Å². The highest BCUT2D eigenvalue weighted by atomic mass is 16.5. The molecule has 1 amide bonds. The number of para-hydroxylation sites is 2. The van der Waals surface area contributed by atoms with E-state index in [-0.39, 0.29) is 5.91 Å². The van der Waals surface area contributed by atoms with Crippen LogP contribution in [0.25, 0.3) is 0 Å². The predicted octanol–water partition coefficient (Wildman–Crippen LogP) is 5.06. The summed E-state index contributed by atoms with van der Waals surface area (Å²) in [4.78, 5) is 14.6. The summed E-state index contributed by atoms with van der Waals surface area (Å²) in [7, 11) is 1.81. The Morgan fingerprint density at radius 2 is 1.52 bits per heavy atom. The molecular weight excluding hydrogens is 310 g/mol. The lowest BCUT2D eigenvalue weighted by Gasteiger charge is -2.19. The summed E-state index contributed by atoms with van der Waals surface area (Å²) < 4.78 is 5.90. The van der Waals surface area contributed by atoms with Crippen LogP contribution in [-0.2, 0) is 6.54 Å². The quantitative estimate of drug-likeness (QED) is 0.654. The summed E-state index contributed by atoms with van der Waals surface area (Å²) in [5.74, 6) is 1.21. The third-order valence-electron chi connectivity index (χ3n) is 3.98. The van der Waals surface area contributed by atoms with Crippen molar-refractivity contribution >= 4 is 5.91 Å². The lowest BCUT2D eigenvalue weighted by molar-refractivity contribution is 0.0782. The molecule has 0 atom stereocenters. The number of hydrogen-bond donors (Lipinski definition) is 0. The second-order valence-corrected chi connectivity index (χ2v) is 6.06. The zero-order valence-electron chi connectivity index (χ0n) is 14.5. The van der Waals surface area contributed by atoms with Gasteiger partial charge >= 0.3 is 0 Å². The highest BCUT2D eigenvalue weighted by Gasteiger charge is 2.17. The van der Waals surface area contributed by atoms with E-state index in [1.807, 2.05) is 67.7 Å². The number of rotatable bonds is 5. The molecule has 0 aliphatic rings. The van der Waals surface area contributed by atoms with Crippen molar-refractivity contribution < 1.29 is 9.53 Å². The monoisotopic (exact) mass is 331 g/mol. The molecule has 0 saturated carbocycles. The van der Waals surface area contributed by atoms with Crippen LogP contribution in [0.4, 0.5) is 0 Å². The van der Waals surface area contributed by atoms with Crippen LogP contribution < -0.4 is 4.74 Å². The first-order valence-corrected chi connectivity index (χ1v) is 8.26. The van der Waals surface area contributed by atoms with Gasteiger partial charge in [0.15, 0.2) is 0 Å². The summed E-state index contributed by atoms with van der Waals surface area (Å²) >= 11 is 0. The number of carbonyl (C=O) groups is 1. The summed E-state index contributed by atoms with van der Waals surface area (Å²) in [5, 5.41) is 0. The Kier molecular flexibility index (Phi) is 5.14. The fraction of sp³-hybridized carbons (Fsp3) is 0.136. The fourth-order valence-electron chi connectivity index (χ4n) is 2.59. The van der Waals surface area contributed by atoms with Crippen molar-refractivity contribution in [3.63, 3.8) is 0 Å². The van der Waals surface area contributed by atoms with Crippen molar-refractivity contribution in [2.24, 2.45) is 0 Å². The van der Waals surface area contributed by atoms with Gasteiger partial charge in [0.2, 0.25) is 0 Å². The average Bonchev–Trinajstić information content (AvgIpc) is 2.64. The standard InChI is InChI=1S/C22H21NO2/c1-17-12-14-18(15-13-17)16-23(2)22(24)20-10-6-7-11-21(20)25-19-8-4-3-5-9-19/h3-15H,16H2,1-2H3. The van der Waals surface area contributed by atoms with E-state index in [1.165, 1.54) is 5.56 Å². The maximum Gasteiger partial charge on any atom is 0.257 e. The number of aryl methyl sites for hydroxylation is 1.